The Morgan fingerprint density at radius 2 is 1.90 bits per heavy atom. The molecule has 0 radical (unpaired) electrons. The molecular weight excluding hydrogens is 562 g/mol. The highest BCUT2D eigenvalue weighted by Gasteiger charge is 2.46. The fourth-order valence-electron chi connectivity index (χ4n) is 5.98. The van der Waals surface area contributed by atoms with Crippen molar-refractivity contribution in [2.45, 2.75) is 24.9 Å². The number of hydrogen-bond acceptors (Lipinski definition) is 7. The van der Waals surface area contributed by atoms with Crippen LogP contribution in [-0.4, -0.2) is 83.2 Å². The van der Waals surface area contributed by atoms with Crippen LogP contribution in [0.5, 0.6) is 0 Å². The SMILES string of the molecule is COCC1(C(=O)Nc2ccc3[nH]nc(-c4ccc(F)cc4)c3c2)CCN(CC(=O)N2CCC(F)(c3nccs3)CC2)C1. The molecule has 1 unspecified atom stereocenters. The quantitative estimate of drug-likeness (QED) is 0.309. The zero-order valence-corrected chi connectivity index (χ0v) is 24.1. The Morgan fingerprint density at radius 3 is 2.62 bits per heavy atom. The first kappa shape index (κ1) is 28.4. The van der Waals surface area contributed by atoms with Crippen molar-refractivity contribution in [1.29, 1.82) is 0 Å². The molecule has 2 amide bonds. The number of piperidine rings is 1. The standard InChI is InChI=1S/C30H32F2N6O3S/c1-41-19-29(8-12-37(18-29)17-25(39)38-13-9-30(32,10-14-38)28-33-11-15-42-28)27(40)34-22-6-7-24-23(16-22)26(36-35-24)20-2-4-21(31)5-3-20/h2-7,11,15-16H,8-10,12-14,17-19H2,1H3,(H,34,40)(H,35,36). The van der Waals surface area contributed by atoms with Crippen LogP contribution in [-0.2, 0) is 20.0 Å². The molecule has 0 aliphatic carbocycles. The van der Waals surface area contributed by atoms with Crippen molar-refractivity contribution in [1.82, 2.24) is 25.0 Å². The first-order chi connectivity index (χ1) is 20.3. The predicted molar refractivity (Wildman–Crippen MR) is 156 cm³/mol. The molecule has 2 saturated heterocycles. The molecule has 2 aromatic carbocycles. The van der Waals surface area contributed by atoms with E-state index in [9.17, 15) is 14.0 Å². The molecule has 6 rings (SSSR count). The Labute approximate surface area is 245 Å². The third-order valence-corrected chi connectivity index (χ3v) is 9.31. The first-order valence-electron chi connectivity index (χ1n) is 13.9. The van der Waals surface area contributed by atoms with Gasteiger partial charge in [0.05, 0.1) is 29.8 Å². The number of benzene rings is 2. The highest BCUT2D eigenvalue weighted by Crippen LogP contribution is 2.38. The number of aromatic amines is 1. The van der Waals surface area contributed by atoms with Crippen molar-refractivity contribution >= 4 is 39.7 Å². The number of anilines is 1. The molecule has 1 atom stereocenters. The minimum Gasteiger partial charge on any atom is -0.384 e. The van der Waals surface area contributed by atoms with Gasteiger partial charge in [-0.15, -0.1) is 11.3 Å². The summed E-state index contributed by atoms with van der Waals surface area (Å²) in [5.74, 6) is -0.579. The number of rotatable bonds is 8. The average Bonchev–Trinajstić information content (AvgIpc) is 3.75. The number of carbonyl (C=O) groups excluding carboxylic acids is 2. The summed E-state index contributed by atoms with van der Waals surface area (Å²) < 4.78 is 34.3. The summed E-state index contributed by atoms with van der Waals surface area (Å²) >= 11 is 1.31. The molecule has 2 fully saturated rings. The number of amides is 2. The lowest BCUT2D eigenvalue weighted by Gasteiger charge is -2.36. The van der Waals surface area contributed by atoms with Crippen LogP contribution in [0.25, 0.3) is 22.2 Å². The first-order valence-corrected chi connectivity index (χ1v) is 14.8. The number of methoxy groups -OCH3 is 1. The lowest BCUT2D eigenvalue weighted by Crippen LogP contribution is -2.48. The topological polar surface area (TPSA) is 103 Å². The fourth-order valence-corrected chi connectivity index (χ4v) is 6.77. The van der Waals surface area contributed by atoms with Gasteiger partial charge in [-0.05, 0) is 55.4 Å². The van der Waals surface area contributed by atoms with Crippen LogP contribution in [0.15, 0.2) is 54.0 Å². The number of H-pyrrole nitrogens is 1. The molecule has 2 aromatic heterocycles. The van der Waals surface area contributed by atoms with E-state index in [1.54, 1.807) is 41.8 Å². The van der Waals surface area contributed by atoms with Crippen LogP contribution in [0, 0.1) is 11.2 Å². The number of ether oxygens (including phenoxy) is 1. The maximum Gasteiger partial charge on any atom is 0.236 e. The van der Waals surface area contributed by atoms with Gasteiger partial charge in [0.1, 0.15) is 10.8 Å². The molecule has 2 aliphatic rings. The number of nitrogens with zero attached hydrogens (tertiary/aromatic N) is 4. The van der Waals surface area contributed by atoms with E-state index in [4.69, 9.17) is 4.74 Å². The van der Waals surface area contributed by atoms with Crippen molar-refractivity contribution in [3.8, 4) is 11.3 Å². The molecule has 0 bridgehead atoms. The van der Waals surface area contributed by atoms with Gasteiger partial charge in [-0.3, -0.25) is 19.6 Å². The van der Waals surface area contributed by atoms with E-state index in [-0.39, 0.29) is 43.6 Å². The minimum atomic E-state index is -1.48. The molecule has 4 aromatic rings. The number of hydrogen-bond donors (Lipinski definition) is 2. The molecule has 2 N–H and O–H groups in total. The van der Waals surface area contributed by atoms with Crippen LogP contribution in [0.4, 0.5) is 14.5 Å². The smallest absolute Gasteiger partial charge is 0.236 e. The van der Waals surface area contributed by atoms with Gasteiger partial charge < -0.3 is 15.0 Å². The molecule has 220 valence electrons. The Bertz CT molecular complexity index is 1570. The minimum absolute atomic E-state index is 0.0662. The second kappa shape index (κ2) is 11.5. The number of alkyl halides is 1. The Morgan fingerprint density at radius 1 is 1.12 bits per heavy atom. The summed E-state index contributed by atoms with van der Waals surface area (Å²) in [7, 11) is 1.56. The third-order valence-electron chi connectivity index (χ3n) is 8.36. The lowest BCUT2D eigenvalue weighted by molar-refractivity contribution is -0.136. The molecule has 42 heavy (non-hydrogen) atoms. The average molecular weight is 595 g/mol. The predicted octanol–water partition coefficient (Wildman–Crippen LogP) is 4.59. The van der Waals surface area contributed by atoms with E-state index in [1.807, 2.05) is 17.0 Å². The van der Waals surface area contributed by atoms with E-state index in [2.05, 4.69) is 20.5 Å². The van der Waals surface area contributed by atoms with Gasteiger partial charge in [0.2, 0.25) is 11.8 Å². The van der Waals surface area contributed by atoms with Crippen LogP contribution in [0.2, 0.25) is 0 Å². The van der Waals surface area contributed by atoms with Gasteiger partial charge in [0.25, 0.3) is 0 Å². The van der Waals surface area contributed by atoms with E-state index in [0.717, 1.165) is 16.5 Å². The molecular formula is C30H32F2N6O3S. The zero-order valence-electron chi connectivity index (χ0n) is 23.2. The van der Waals surface area contributed by atoms with Crippen molar-refractivity contribution in [2.24, 2.45) is 5.41 Å². The Kier molecular flexibility index (Phi) is 7.77. The molecule has 0 saturated carbocycles. The normalized spacial score (nSPS) is 20.7. The van der Waals surface area contributed by atoms with Crippen molar-refractivity contribution in [3.63, 3.8) is 0 Å². The van der Waals surface area contributed by atoms with Crippen LogP contribution in [0.3, 0.4) is 0 Å². The van der Waals surface area contributed by atoms with Crippen LogP contribution in [0.1, 0.15) is 24.3 Å². The second-order valence-electron chi connectivity index (χ2n) is 11.2. The monoisotopic (exact) mass is 594 g/mol. The third kappa shape index (κ3) is 5.53. The summed E-state index contributed by atoms with van der Waals surface area (Å²) in [6, 6.07) is 11.6. The van der Waals surface area contributed by atoms with Gasteiger partial charge in [-0.1, -0.05) is 0 Å². The van der Waals surface area contributed by atoms with E-state index < -0.39 is 11.1 Å². The summed E-state index contributed by atoms with van der Waals surface area (Å²) in [4.78, 5) is 34.6. The van der Waals surface area contributed by atoms with E-state index in [0.29, 0.717) is 49.0 Å². The Balaban J connectivity index is 1.11. The second-order valence-corrected chi connectivity index (χ2v) is 12.0. The molecule has 9 nitrogen and oxygen atoms in total. The number of aromatic nitrogens is 3. The van der Waals surface area contributed by atoms with Gasteiger partial charge in [0, 0.05) is 67.8 Å². The fraction of sp³-hybridized carbons (Fsp3) is 0.400. The summed E-state index contributed by atoms with van der Waals surface area (Å²) in [6.45, 7) is 1.98. The number of thiazole rings is 1. The van der Waals surface area contributed by atoms with Crippen molar-refractivity contribution in [2.75, 3.05) is 51.8 Å². The summed E-state index contributed by atoms with van der Waals surface area (Å²) in [5, 5.41) is 13.5. The number of likely N-dealkylation sites (tertiary alicyclic amines) is 2. The van der Waals surface area contributed by atoms with Gasteiger partial charge >= 0.3 is 0 Å². The lowest BCUT2D eigenvalue weighted by atomic mass is 9.86. The zero-order chi connectivity index (χ0) is 29.3. The molecule has 2 aliphatic heterocycles. The van der Waals surface area contributed by atoms with Crippen molar-refractivity contribution < 1.29 is 23.1 Å². The maximum absolute atomic E-state index is 15.3. The summed E-state index contributed by atoms with van der Waals surface area (Å²) in [6.07, 6.45) is 2.60. The van der Waals surface area contributed by atoms with Crippen molar-refractivity contribution in [3.05, 3.63) is 64.9 Å². The van der Waals surface area contributed by atoms with Crippen LogP contribution < -0.4 is 5.32 Å². The van der Waals surface area contributed by atoms with Gasteiger partial charge in [0.15, 0.2) is 5.67 Å². The molecule has 4 heterocycles. The molecule has 0 spiro atoms. The number of carbonyl (C=O) groups is 2. The van der Waals surface area contributed by atoms with Crippen LogP contribution >= 0.6 is 11.3 Å². The summed E-state index contributed by atoms with van der Waals surface area (Å²) in [5.41, 5.74) is 0.494. The Hall–Kier alpha value is -3.74. The molecule has 12 heteroatoms. The highest BCUT2D eigenvalue weighted by atomic mass is 32.1. The number of fused-ring (bicyclic) bond motifs is 1. The maximum atomic E-state index is 15.3. The van der Waals surface area contributed by atoms with E-state index in [1.165, 1.54) is 23.5 Å². The number of halogens is 2. The van der Waals surface area contributed by atoms with E-state index >= 15 is 4.39 Å². The highest BCUT2D eigenvalue weighted by molar-refractivity contribution is 7.09. The van der Waals surface area contributed by atoms with Gasteiger partial charge in [-0.25, -0.2) is 13.8 Å². The number of nitrogens with one attached hydrogen (secondary N) is 2. The van der Waals surface area contributed by atoms with Gasteiger partial charge in [-0.2, -0.15) is 5.10 Å². The largest absolute Gasteiger partial charge is 0.384 e.